The highest BCUT2D eigenvalue weighted by atomic mass is 16.4. The van der Waals surface area contributed by atoms with Crippen molar-refractivity contribution in [1.82, 2.24) is 16.0 Å². The molecule has 0 bridgehead atoms. The molecule has 31 heavy (non-hydrogen) atoms. The zero-order valence-corrected chi connectivity index (χ0v) is 17.3. The molecule has 1 aromatic carbocycles. The van der Waals surface area contributed by atoms with E-state index in [-0.39, 0.29) is 12.3 Å². The first-order valence-corrected chi connectivity index (χ1v) is 9.62. The van der Waals surface area contributed by atoms with Gasteiger partial charge in [0.15, 0.2) is 0 Å². The number of carbonyl (C=O) groups is 5. The fourth-order valence-corrected chi connectivity index (χ4v) is 2.54. The van der Waals surface area contributed by atoms with Crippen LogP contribution in [0.3, 0.4) is 0 Å². The van der Waals surface area contributed by atoms with Crippen molar-refractivity contribution in [1.29, 1.82) is 0 Å². The number of nitrogens with two attached hydrogens (primary N) is 1. The van der Waals surface area contributed by atoms with Crippen molar-refractivity contribution in [2.75, 3.05) is 6.54 Å². The van der Waals surface area contributed by atoms with Crippen LogP contribution in [0.5, 0.6) is 0 Å². The van der Waals surface area contributed by atoms with Gasteiger partial charge >= 0.3 is 11.9 Å². The molecule has 3 unspecified atom stereocenters. The van der Waals surface area contributed by atoms with E-state index in [0.717, 1.165) is 0 Å². The predicted octanol–water partition coefficient (Wildman–Crippen LogP) is -1.14. The number of aliphatic carboxylic acids is 2. The molecule has 0 fully saturated rings. The first-order valence-electron chi connectivity index (χ1n) is 9.62. The van der Waals surface area contributed by atoms with E-state index in [9.17, 15) is 24.0 Å². The number of benzene rings is 1. The van der Waals surface area contributed by atoms with E-state index >= 15 is 0 Å². The Morgan fingerprint density at radius 2 is 1.55 bits per heavy atom. The Labute approximate surface area is 179 Å². The van der Waals surface area contributed by atoms with Crippen molar-refractivity contribution >= 4 is 29.7 Å². The van der Waals surface area contributed by atoms with Crippen molar-refractivity contribution in [3.05, 3.63) is 35.9 Å². The summed E-state index contributed by atoms with van der Waals surface area (Å²) >= 11 is 0. The molecule has 0 radical (unpaired) electrons. The molecule has 1 aromatic rings. The van der Waals surface area contributed by atoms with Gasteiger partial charge in [0.1, 0.15) is 12.1 Å². The van der Waals surface area contributed by atoms with Crippen molar-refractivity contribution < 1.29 is 34.2 Å². The van der Waals surface area contributed by atoms with E-state index in [2.05, 4.69) is 16.0 Å². The average molecular weight is 436 g/mol. The summed E-state index contributed by atoms with van der Waals surface area (Å²) in [5, 5.41) is 24.9. The molecule has 0 spiro atoms. The van der Waals surface area contributed by atoms with Crippen LogP contribution in [0.4, 0.5) is 0 Å². The van der Waals surface area contributed by atoms with Crippen molar-refractivity contribution in [2.45, 2.75) is 44.8 Å². The van der Waals surface area contributed by atoms with Crippen LogP contribution in [-0.4, -0.2) is 64.5 Å². The highest BCUT2D eigenvalue weighted by Gasteiger charge is 2.28. The summed E-state index contributed by atoms with van der Waals surface area (Å²) in [5.74, 6) is -5.14. The highest BCUT2D eigenvalue weighted by Crippen LogP contribution is 2.05. The summed E-state index contributed by atoms with van der Waals surface area (Å²) in [6.07, 6.45) is -0.798. The zero-order valence-electron chi connectivity index (χ0n) is 17.3. The van der Waals surface area contributed by atoms with Crippen LogP contribution < -0.4 is 21.7 Å². The monoisotopic (exact) mass is 436 g/mol. The third-order valence-corrected chi connectivity index (χ3v) is 4.37. The second-order valence-electron chi connectivity index (χ2n) is 7.29. The molecule has 11 nitrogen and oxygen atoms in total. The minimum Gasteiger partial charge on any atom is -0.481 e. The number of rotatable bonds is 12. The van der Waals surface area contributed by atoms with Gasteiger partial charge < -0.3 is 31.9 Å². The Kier molecular flexibility index (Phi) is 10.1. The SMILES string of the molecule is CC(C)C(N)C(=O)NCC(=O)NC(Cc1ccccc1)C(=O)NC(CC(=O)O)C(=O)O. The van der Waals surface area contributed by atoms with E-state index < -0.39 is 60.8 Å². The lowest BCUT2D eigenvalue weighted by atomic mass is 10.0. The van der Waals surface area contributed by atoms with Crippen LogP contribution in [0.15, 0.2) is 30.3 Å². The first-order chi connectivity index (χ1) is 14.5. The van der Waals surface area contributed by atoms with E-state index in [0.29, 0.717) is 5.56 Å². The smallest absolute Gasteiger partial charge is 0.326 e. The molecular formula is C20H28N4O7. The average Bonchev–Trinajstić information content (AvgIpc) is 2.70. The van der Waals surface area contributed by atoms with Crippen molar-refractivity contribution in [3.63, 3.8) is 0 Å². The van der Waals surface area contributed by atoms with Gasteiger partial charge in [-0.15, -0.1) is 0 Å². The Morgan fingerprint density at radius 1 is 0.935 bits per heavy atom. The van der Waals surface area contributed by atoms with Crippen LogP contribution in [0.25, 0.3) is 0 Å². The summed E-state index contributed by atoms with van der Waals surface area (Å²) in [6.45, 7) is 3.07. The van der Waals surface area contributed by atoms with Gasteiger partial charge in [-0.1, -0.05) is 44.2 Å². The Hall–Kier alpha value is -3.47. The Bertz CT molecular complexity index is 798. The number of carboxylic acid groups (broad SMARTS) is 2. The summed E-state index contributed by atoms with van der Waals surface area (Å²) in [7, 11) is 0. The molecule has 7 N–H and O–H groups in total. The molecule has 0 aliphatic heterocycles. The number of carboxylic acids is 2. The van der Waals surface area contributed by atoms with Crippen LogP contribution >= 0.6 is 0 Å². The van der Waals surface area contributed by atoms with Crippen LogP contribution in [0.2, 0.25) is 0 Å². The summed E-state index contributed by atoms with van der Waals surface area (Å²) in [6, 6.07) is 4.98. The maximum absolute atomic E-state index is 12.6. The number of nitrogens with one attached hydrogen (secondary N) is 3. The number of hydrogen-bond acceptors (Lipinski definition) is 6. The lowest BCUT2D eigenvalue weighted by molar-refractivity contribution is -0.147. The van der Waals surface area contributed by atoms with Gasteiger partial charge in [0.2, 0.25) is 17.7 Å². The van der Waals surface area contributed by atoms with E-state index in [1.807, 2.05) is 0 Å². The van der Waals surface area contributed by atoms with Crippen LogP contribution in [0, 0.1) is 5.92 Å². The molecule has 0 aromatic heterocycles. The summed E-state index contributed by atoms with van der Waals surface area (Å²) in [4.78, 5) is 58.9. The fourth-order valence-electron chi connectivity index (χ4n) is 2.54. The highest BCUT2D eigenvalue weighted by molar-refractivity contribution is 5.93. The summed E-state index contributed by atoms with van der Waals surface area (Å²) in [5.41, 5.74) is 6.39. The lowest BCUT2D eigenvalue weighted by Crippen LogP contribution is -2.55. The normalized spacial score (nSPS) is 13.5. The minimum atomic E-state index is -1.66. The van der Waals surface area contributed by atoms with E-state index in [1.54, 1.807) is 44.2 Å². The largest absolute Gasteiger partial charge is 0.481 e. The van der Waals surface area contributed by atoms with Crippen molar-refractivity contribution in [2.24, 2.45) is 11.7 Å². The zero-order chi connectivity index (χ0) is 23.6. The molecule has 0 heterocycles. The summed E-state index contributed by atoms with van der Waals surface area (Å²) < 4.78 is 0. The molecule has 3 atom stereocenters. The van der Waals surface area contributed by atoms with E-state index in [4.69, 9.17) is 15.9 Å². The van der Waals surface area contributed by atoms with Gasteiger partial charge in [0, 0.05) is 6.42 Å². The molecule has 0 saturated heterocycles. The fraction of sp³-hybridized carbons (Fsp3) is 0.450. The molecule has 0 saturated carbocycles. The van der Waals surface area contributed by atoms with Gasteiger partial charge in [0.25, 0.3) is 0 Å². The Balaban J connectivity index is 2.87. The first kappa shape index (κ1) is 25.6. The minimum absolute atomic E-state index is 0.0251. The standard InChI is InChI=1S/C20H28N4O7/c1-11(2)17(21)19(29)22-10-15(25)23-13(8-12-6-4-3-5-7-12)18(28)24-14(20(30)31)9-16(26)27/h3-7,11,13-14,17H,8-10,21H2,1-2H3,(H,22,29)(H,23,25)(H,24,28)(H,26,27)(H,30,31). The topological polar surface area (TPSA) is 188 Å². The molecule has 170 valence electrons. The van der Waals surface area contributed by atoms with Crippen molar-refractivity contribution in [3.8, 4) is 0 Å². The predicted molar refractivity (Wildman–Crippen MR) is 110 cm³/mol. The number of hydrogen-bond donors (Lipinski definition) is 6. The molecule has 3 amide bonds. The van der Waals surface area contributed by atoms with Gasteiger partial charge in [-0.2, -0.15) is 0 Å². The maximum Gasteiger partial charge on any atom is 0.326 e. The number of carbonyl (C=O) groups excluding carboxylic acids is 3. The second-order valence-corrected chi connectivity index (χ2v) is 7.29. The number of amides is 3. The lowest BCUT2D eigenvalue weighted by Gasteiger charge is -2.21. The third-order valence-electron chi connectivity index (χ3n) is 4.37. The van der Waals surface area contributed by atoms with Crippen LogP contribution in [0.1, 0.15) is 25.8 Å². The molecule has 0 aliphatic carbocycles. The van der Waals surface area contributed by atoms with Gasteiger partial charge in [0.05, 0.1) is 19.0 Å². The molecule has 11 heteroatoms. The molecular weight excluding hydrogens is 408 g/mol. The molecule has 1 rings (SSSR count). The molecule has 0 aliphatic rings. The maximum atomic E-state index is 12.6. The van der Waals surface area contributed by atoms with Gasteiger partial charge in [-0.25, -0.2) is 4.79 Å². The third kappa shape index (κ3) is 9.26. The quantitative estimate of drug-likeness (QED) is 0.237. The van der Waals surface area contributed by atoms with Gasteiger partial charge in [-0.3, -0.25) is 19.2 Å². The second kappa shape index (κ2) is 12.3. The van der Waals surface area contributed by atoms with Gasteiger partial charge in [-0.05, 0) is 11.5 Å². The van der Waals surface area contributed by atoms with E-state index in [1.165, 1.54) is 0 Å². The van der Waals surface area contributed by atoms with Crippen LogP contribution in [-0.2, 0) is 30.4 Å². The Morgan fingerprint density at radius 3 is 2.06 bits per heavy atom.